The second-order valence-corrected chi connectivity index (χ2v) is 9.87. The molecule has 0 radical (unpaired) electrons. The first-order valence-electron chi connectivity index (χ1n) is 12.8. The predicted octanol–water partition coefficient (Wildman–Crippen LogP) is 5.34. The van der Waals surface area contributed by atoms with Crippen molar-refractivity contribution in [3.8, 4) is 11.5 Å². The molecule has 1 heterocycles. The number of benzene rings is 2. The number of rotatable bonds is 5. The third-order valence-electron chi connectivity index (χ3n) is 6.49. The summed E-state index contributed by atoms with van der Waals surface area (Å²) in [6.45, 7) is 8.01. The Kier molecular flexibility index (Phi) is 10.0. The van der Waals surface area contributed by atoms with E-state index in [9.17, 15) is 9.59 Å². The molecule has 0 aromatic heterocycles. The van der Waals surface area contributed by atoms with E-state index in [2.05, 4.69) is 13.8 Å². The normalized spacial score (nSPS) is 18.0. The number of hydrogen-bond acceptors (Lipinski definition) is 4. The number of aryl methyl sites for hydroxylation is 1. The summed E-state index contributed by atoms with van der Waals surface area (Å²) in [6, 6.07) is 15.0. The van der Waals surface area contributed by atoms with E-state index in [-0.39, 0.29) is 24.5 Å². The maximum Gasteiger partial charge on any atom is 0.260 e. The molecule has 2 aromatic carbocycles. The SMILES string of the molecule is Cc1ccccc1OCC(=O)N1CCCCCCN(C)C(=O)c2ccccc2OC[C@@H]1CC(C)C. The molecule has 0 saturated heterocycles. The van der Waals surface area contributed by atoms with Gasteiger partial charge in [0.2, 0.25) is 0 Å². The minimum absolute atomic E-state index is 0.000678. The first-order chi connectivity index (χ1) is 16.9. The lowest BCUT2D eigenvalue weighted by Crippen LogP contribution is -2.47. The lowest BCUT2D eigenvalue weighted by Gasteiger charge is -2.33. The van der Waals surface area contributed by atoms with Crippen LogP contribution in [0.2, 0.25) is 0 Å². The number of nitrogens with zero attached hydrogens (tertiary/aromatic N) is 2. The fourth-order valence-electron chi connectivity index (χ4n) is 4.53. The van der Waals surface area contributed by atoms with Gasteiger partial charge in [-0.3, -0.25) is 9.59 Å². The molecule has 0 fully saturated rings. The molecular formula is C29H40N2O4. The highest BCUT2D eigenvalue weighted by atomic mass is 16.5. The highest BCUT2D eigenvalue weighted by Gasteiger charge is 2.27. The first kappa shape index (κ1) is 26.6. The van der Waals surface area contributed by atoms with E-state index in [1.807, 2.05) is 67.4 Å². The largest absolute Gasteiger partial charge is 0.491 e. The second kappa shape index (κ2) is 13.2. The van der Waals surface area contributed by atoms with Crippen molar-refractivity contribution >= 4 is 11.8 Å². The Morgan fingerprint density at radius 3 is 2.46 bits per heavy atom. The lowest BCUT2D eigenvalue weighted by molar-refractivity contribution is -0.137. The minimum atomic E-state index is -0.105. The van der Waals surface area contributed by atoms with Crippen LogP contribution in [0.15, 0.2) is 48.5 Å². The molecule has 0 spiro atoms. The molecule has 3 rings (SSSR count). The van der Waals surface area contributed by atoms with E-state index in [4.69, 9.17) is 9.47 Å². The van der Waals surface area contributed by atoms with Gasteiger partial charge in [0.05, 0.1) is 11.6 Å². The van der Waals surface area contributed by atoms with Crippen molar-refractivity contribution in [2.45, 2.75) is 58.9 Å². The van der Waals surface area contributed by atoms with E-state index >= 15 is 0 Å². The van der Waals surface area contributed by atoms with Crippen molar-refractivity contribution in [2.75, 3.05) is 33.4 Å². The Balaban J connectivity index is 1.82. The highest BCUT2D eigenvalue weighted by Crippen LogP contribution is 2.23. The van der Waals surface area contributed by atoms with Crippen LogP contribution in [-0.4, -0.2) is 61.0 Å². The molecule has 0 bridgehead atoms. The van der Waals surface area contributed by atoms with Crippen LogP contribution < -0.4 is 9.47 Å². The lowest BCUT2D eigenvalue weighted by atomic mass is 10.0. The molecule has 35 heavy (non-hydrogen) atoms. The van der Waals surface area contributed by atoms with Gasteiger partial charge >= 0.3 is 0 Å². The molecule has 1 aliphatic rings. The second-order valence-electron chi connectivity index (χ2n) is 9.87. The Bertz CT molecular complexity index is 975. The van der Waals surface area contributed by atoms with Crippen LogP contribution in [0.4, 0.5) is 0 Å². The number of hydrogen-bond donors (Lipinski definition) is 0. The minimum Gasteiger partial charge on any atom is -0.491 e. The van der Waals surface area contributed by atoms with Gasteiger partial charge in [-0.25, -0.2) is 0 Å². The zero-order chi connectivity index (χ0) is 25.2. The Hall–Kier alpha value is -3.02. The maximum absolute atomic E-state index is 13.4. The third-order valence-corrected chi connectivity index (χ3v) is 6.49. The Morgan fingerprint density at radius 2 is 1.71 bits per heavy atom. The van der Waals surface area contributed by atoms with Crippen molar-refractivity contribution in [2.24, 2.45) is 5.92 Å². The number of fused-ring (bicyclic) bond motifs is 1. The van der Waals surface area contributed by atoms with Crippen LogP contribution in [0.5, 0.6) is 11.5 Å². The first-order valence-corrected chi connectivity index (χ1v) is 12.8. The number of amides is 2. The van der Waals surface area contributed by atoms with Crippen molar-refractivity contribution in [1.82, 2.24) is 9.80 Å². The highest BCUT2D eigenvalue weighted by molar-refractivity contribution is 5.96. The Morgan fingerprint density at radius 1 is 1.03 bits per heavy atom. The molecule has 2 amide bonds. The summed E-state index contributed by atoms with van der Waals surface area (Å²) in [6.07, 6.45) is 4.69. The van der Waals surface area contributed by atoms with Crippen LogP contribution >= 0.6 is 0 Å². The quantitative estimate of drug-likeness (QED) is 0.579. The molecule has 1 atom stereocenters. The van der Waals surface area contributed by atoms with Crippen LogP contribution in [-0.2, 0) is 4.79 Å². The monoisotopic (exact) mass is 480 g/mol. The predicted molar refractivity (Wildman–Crippen MR) is 139 cm³/mol. The molecule has 2 aromatic rings. The maximum atomic E-state index is 13.4. The number of para-hydroxylation sites is 2. The zero-order valence-electron chi connectivity index (χ0n) is 21.7. The molecule has 0 aliphatic carbocycles. The number of carbonyl (C=O) groups is 2. The number of ether oxygens (including phenoxy) is 2. The standard InChI is InChI=1S/C29H40N2O4/c1-22(2)19-24-20-34-27-16-10-8-14-25(27)29(33)30(4)17-11-5-6-12-18-31(24)28(32)21-35-26-15-9-7-13-23(26)3/h7-10,13-16,22,24H,5-6,11-12,17-21H2,1-4H3/t24-/m0/s1. The van der Waals surface area contributed by atoms with Crippen molar-refractivity contribution in [1.29, 1.82) is 0 Å². The average Bonchev–Trinajstić information content (AvgIpc) is 2.84. The summed E-state index contributed by atoms with van der Waals surface area (Å²) < 4.78 is 12.2. The third kappa shape index (κ3) is 7.74. The average molecular weight is 481 g/mol. The Labute approximate surface area is 210 Å². The van der Waals surface area contributed by atoms with Crippen molar-refractivity contribution < 1.29 is 19.1 Å². The molecule has 0 saturated carbocycles. The van der Waals surface area contributed by atoms with Gasteiger partial charge in [0.25, 0.3) is 11.8 Å². The molecule has 6 heteroatoms. The van der Waals surface area contributed by atoms with E-state index < -0.39 is 0 Å². The van der Waals surface area contributed by atoms with Crippen LogP contribution in [0.3, 0.4) is 0 Å². The van der Waals surface area contributed by atoms with Gasteiger partial charge in [-0.2, -0.15) is 0 Å². The smallest absolute Gasteiger partial charge is 0.260 e. The molecule has 1 aliphatic heterocycles. The fraction of sp³-hybridized carbons (Fsp3) is 0.517. The van der Waals surface area contributed by atoms with E-state index in [1.165, 1.54) is 0 Å². The van der Waals surface area contributed by atoms with Crippen LogP contribution in [0.1, 0.15) is 61.9 Å². The summed E-state index contributed by atoms with van der Waals surface area (Å²) >= 11 is 0. The summed E-state index contributed by atoms with van der Waals surface area (Å²) in [5, 5.41) is 0. The molecule has 0 unspecified atom stereocenters. The number of carbonyl (C=O) groups excluding carboxylic acids is 2. The summed E-state index contributed by atoms with van der Waals surface area (Å²) in [5.74, 6) is 1.63. The molecule has 6 nitrogen and oxygen atoms in total. The molecular weight excluding hydrogens is 440 g/mol. The van der Waals surface area contributed by atoms with Gasteiger partial charge in [-0.15, -0.1) is 0 Å². The van der Waals surface area contributed by atoms with Gasteiger partial charge in [-0.05, 0) is 55.9 Å². The topological polar surface area (TPSA) is 59.1 Å². The van der Waals surface area contributed by atoms with Gasteiger partial charge in [-0.1, -0.05) is 57.0 Å². The van der Waals surface area contributed by atoms with Crippen LogP contribution in [0, 0.1) is 12.8 Å². The molecule has 0 N–H and O–H groups in total. The van der Waals surface area contributed by atoms with Gasteiger partial charge < -0.3 is 19.3 Å². The molecule has 190 valence electrons. The zero-order valence-corrected chi connectivity index (χ0v) is 21.7. The van der Waals surface area contributed by atoms with Crippen molar-refractivity contribution in [3.05, 3.63) is 59.7 Å². The van der Waals surface area contributed by atoms with E-state index in [0.717, 1.165) is 43.4 Å². The summed E-state index contributed by atoms with van der Waals surface area (Å²) in [5.41, 5.74) is 1.57. The van der Waals surface area contributed by atoms with E-state index in [1.54, 1.807) is 4.90 Å². The van der Waals surface area contributed by atoms with Gasteiger partial charge in [0, 0.05) is 20.1 Å². The fourth-order valence-corrected chi connectivity index (χ4v) is 4.53. The van der Waals surface area contributed by atoms with Gasteiger partial charge in [0.15, 0.2) is 6.61 Å². The summed E-state index contributed by atoms with van der Waals surface area (Å²) in [4.78, 5) is 30.2. The van der Waals surface area contributed by atoms with Gasteiger partial charge in [0.1, 0.15) is 18.1 Å². The van der Waals surface area contributed by atoms with Crippen LogP contribution in [0.25, 0.3) is 0 Å². The van der Waals surface area contributed by atoms with E-state index in [0.29, 0.717) is 36.9 Å². The van der Waals surface area contributed by atoms with Crippen molar-refractivity contribution in [3.63, 3.8) is 0 Å². The summed E-state index contributed by atoms with van der Waals surface area (Å²) in [7, 11) is 1.85.